The Morgan fingerprint density at radius 1 is 1.20 bits per heavy atom. The Morgan fingerprint density at radius 2 is 2.00 bits per heavy atom. The Bertz CT molecular complexity index is 617. The molecule has 1 unspecified atom stereocenters. The van der Waals surface area contributed by atoms with Gasteiger partial charge in [0.25, 0.3) is 5.91 Å². The molecule has 1 saturated heterocycles. The van der Waals surface area contributed by atoms with Crippen LogP contribution < -0.4 is 10.6 Å². The van der Waals surface area contributed by atoms with Crippen molar-refractivity contribution in [1.29, 1.82) is 0 Å². The van der Waals surface area contributed by atoms with E-state index in [1.807, 2.05) is 13.0 Å². The Morgan fingerprint density at radius 3 is 2.72 bits per heavy atom. The molecule has 0 spiro atoms. The summed E-state index contributed by atoms with van der Waals surface area (Å²) in [5, 5.41) is 5.92. The van der Waals surface area contributed by atoms with E-state index in [0.29, 0.717) is 17.8 Å². The molecule has 1 aromatic carbocycles. The zero-order valence-corrected chi connectivity index (χ0v) is 15.0. The molecule has 1 saturated carbocycles. The largest absolute Gasteiger partial charge is 0.373 e. The maximum atomic E-state index is 12.4. The van der Waals surface area contributed by atoms with Crippen LogP contribution in [0.25, 0.3) is 0 Å². The van der Waals surface area contributed by atoms with Crippen LogP contribution in [0.4, 0.5) is 5.69 Å². The lowest BCUT2D eigenvalue weighted by Crippen LogP contribution is -2.40. The van der Waals surface area contributed by atoms with Gasteiger partial charge in [-0.1, -0.05) is 25.3 Å². The molecular weight excluding hydrogens is 316 g/mol. The standard InChI is InChI=1S/C20H28N2O3/c1-20(11-6-12-25-20)14-21-18(23)16-9-5-10-17(13-16)22-19(24)15-7-3-2-4-8-15/h5,9-10,13,15H,2-4,6-8,11-12,14H2,1H3,(H,21,23)(H,22,24). The first-order chi connectivity index (χ1) is 12.1. The van der Waals surface area contributed by atoms with Gasteiger partial charge in [-0.15, -0.1) is 0 Å². The number of rotatable bonds is 5. The van der Waals surface area contributed by atoms with Crippen LogP contribution in [0.15, 0.2) is 24.3 Å². The topological polar surface area (TPSA) is 67.4 Å². The summed E-state index contributed by atoms with van der Waals surface area (Å²) in [6.07, 6.45) is 7.40. The lowest BCUT2D eigenvalue weighted by atomic mass is 9.88. The van der Waals surface area contributed by atoms with Gasteiger partial charge in [-0.2, -0.15) is 0 Å². The highest BCUT2D eigenvalue weighted by atomic mass is 16.5. The minimum atomic E-state index is -0.261. The molecule has 2 N–H and O–H groups in total. The summed E-state index contributed by atoms with van der Waals surface area (Å²) in [6, 6.07) is 7.15. The van der Waals surface area contributed by atoms with Crippen molar-refractivity contribution in [2.24, 2.45) is 5.92 Å². The van der Waals surface area contributed by atoms with Crippen molar-refractivity contribution in [3.05, 3.63) is 29.8 Å². The molecule has 1 aliphatic heterocycles. The first-order valence-corrected chi connectivity index (χ1v) is 9.39. The lowest BCUT2D eigenvalue weighted by molar-refractivity contribution is -0.120. The SMILES string of the molecule is CC1(CNC(=O)c2cccc(NC(=O)C3CCCCC3)c2)CCCO1. The van der Waals surface area contributed by atoms with Gasteiger partial charge in [-0.3, -0.25) is 9.59 Å². The number of benzene rings is 1. The van der Waals surface area contributed by atoms with Gasteiger partial charge in [0.2, 0.25) is 5.91 Å². The number of carbonyl (C=O) groups is 2. The third-order valence-corrected chi connectivity index (χ3v) is 5.29. The summed E-state index contributed by atoms with van der Waals surface area (Å²) < 4.78 is 5.70. The maximum absolute atomic E-state index is 12.4. The van der Waals surface area contributed by atoms with Gasteiger partial charge >= 0.3 is 0 Å². The second-order valence-electron chi connectivity index (χ2n) is 7.49. The Kier molecular flexibility index (Phi) is 5.74. The van der Waals surface area contributed by atoms with E-state index in [1.54, 1.807) is 18.2 Å². The van der Waals surface area contributed by atoms with Crippen molar-refractivity contribution in [3.8, 4) is 0 Å². The van der Waals surface area contributed by atoms with Crippen molar-refractivity contribution in [2.75, 3.05) is 18.5 Å². The molecule has 1 heterocycles. The van der Waals surface area contributed by atoms with E-state index in [-0.39, 0.29) is 23.3 Å². The Labute approximate surface area is 149 Å². The van der Waals surface area contributed by atoms with Crippen LogP contribution >= 0.6 is 0 Å². The molecule has 0 radical (unpaired) electrons. The fourth-order valence-corrected chi connectivity index (χ4v) is 3.69. The summed E-state index contributed by atoms with van der Waals surface area (Å²) in [5.74, 6) is 0.0420. The van der Waals surface area contributed by atoms with Crippen LogP contribution in [0.5, 0.6) is 0 Å². The molecule has 2 aliphatic rings. The molecule has 3 rings (SSSR count). The van der Waals surface area contributed by atoms with Crippen molar-refractivity contribution in [2.45, 2.75) is 57.5 Å². The van der Waals surface area contributed by atoms with Crippen molar-refractivity contribution < 1.29 is 14.3 Å². The minimum Gasteiger partial charge on any atom is -0.373 e. The summed E-state index contributed by atoms with van der Waals surface area (Å²) in [7, 11) is 0. The van der Waals surface area contributed by atoms with E-state index in [0.717, 1.165) is 45.1 Å². The quantitative estimate of drug-likeness (QED) is 0.859. The Balaban J connectivity index is 1.56. The molecule has 5 nitrogen and oxygen atoms in total. The van der Waals surface area contributed by atoms with Crippen LogP contribution in [0, 0.1) is 5.92 Å². The highest BCUT2D eigenvalue weighted by Gasteiger charge is 2.30. The number of ether oxygens (including phenoxy) is 1. The van der Waals surface area contributed by atoms with Crippen LogP contribution in [0.2, 0.25) is 0 Å². The van der Waals surface area contributed by atoms with Gasteiger partial charge in [-0.05, 0) is 50.8 Å². The lowest BCUT2D eigenvalue weighted by Gasteiger charge is -2.23. The van der Waals surface area contributed by atoms with Crippen LogP contribution in [-0.2, 0) is 9.53 Å². The second kappa shape index (κ2) is 8.00. The monoisotopic (exact) mass is 344 g/mol. The minimum absolute atomic E-state index is 0.0733. The molecule has 2 fully saturated rings. The van der Waals surface area contributed by atoms with Gasteiger partial charge in [0.05, 0.1) is 5.60 Å². The molecule has 25 heavy (non-hydrogen) atoms. The van der Waals surface area contributed by atoms with Crippen LogP contribution in [0.1, 0.15) is 62.2 Å². The summed E-state index contributed by atoms with van der Waals surface area (Å²) in [5.41, 5.74) is 0.984. The second-order valence-corrected chi connectivity index (χ2v) is 7.49. The van der Waals surface area contributed by atoms with Gasteiger partial charge in [0.1, 0.15) is 0 Å². The third-order valence-electron chi connectivity index (χ3n) is 5.29. The van der Waals surface area contributed by atoms with E-state index in [2.05, 4.69) is 10.6 Å². The smallest absolute Gasteiger partial charge is 0.251 e. The average Bonchev–Trinajstić information content (AvgIpc) is 3.07. The number of anilines is 1. The van der Waals surface area contributed by atoms with E-state index in [4.69, 9.17) is 4.74 Å². The molecule has 1 aromatic rings. The summed E-state index contributed by atoms with van der Waals surface area (Å²) >= 11 is 0. The van der Waals surface area contributed by atoms with E-state index >= 15 is 0 Å². The zero-order chi connectivity index (χ0) is 17.7. The van der Waals surface area contributed by atoms with Gasteiger partial charge < -0.3 is 15.4 Å². The summed E-state index contributed by atoms with van der Waals surface area (Å²) in [6.45, 7) is 3.29. The average molecular weight is 344 g/mol. The molecule has 1 atom stereocenters. The van der Waals surface area contributed by atoms with Crippen LogP contribution in [0.3, 0.4) is 0 Å². The predicted octanol–water partition coefficient (Wildman–Crippen LogP) is 3.50. The van der Waals surface area contributed by atoms with E-state index in [1.165, 1.54) is 6.42 Å². The van der Waals surface area contributed by atoms with Crippen LogP contribution in [-0.4, -0.2) is 30.6 Å². The van der Waals surface area contributed by atoms with E-state index in [9.17, 15) is 9.59 Å². The summed E-state index contributed by atoms with van der Waals surface area (Å²) in [4.78, 5) is 24.8. The van der Waals surface area contributed by atoms with Crippen molar-refractivity contribution in [3.63, 3.8) is 0 Å². The highest BCUT2D eigenvalue weighted by Crippen LogP contribution is 2.26. The molecular formula is C20H28N2O3. The molecule has 2 amide bonds. The fourth-order valence-electron chi connectivity index (χ4n) is 3.69. The number of carbonyl (C=O) groups excluding carboxylic acids is 2. The van der Waals surface area contributed by atoms with Gasteiger partial charge in [-0.25, -0.2) is 0 Å². The number of hydrogen-bond donors (Lipinski definition) is 2. The molecule has 5 heteroatoms. The van der Waals surface area contributed by atoms with Gasteiger partial charge in [0, 0.05) is 30.3 Å². The molecule has 0 bridgehead atoms. The van der Waals surface area contributed by atoms with Crippen molar-refractivity contribution >= 4 is 17.5 Å². The molecule has 1 aliphatic carbocycles. The fraction of sp³-hybridized carbons (Fsp3) is 0.600. The number of amides is 2. The number of nitrogens with one attached hydrogen (secondary N) is 2. The van der Waals surface area contributed by atoms with Crippen molar-refractivity contribution in [1.82, 2.24) is 5.32 Å². The van der Waals surface area contributed by atoms with E-state index < -0.39 is 0 Å². The maximum Gasteiger partial charge on any atom is 0.251 e. The Hall–Kier alpha value is -1.88. The molecule has 136 valence electrons. The first kappa shape index (κ1) is 17.9. The third kappa shape index (κ3) is 4.82. The first-order valence-electron chi connectivity index (χ1n) is 9.39. The normalized spacial score (nSPS) is 24.0. The molecule has 0 aromatic heterocycles. The highest BCUT2D eigenvalue weighted by molar-refractivity contribution is 5.97. The van der Waals surface area contributed by atoms with Gasteiger partial charge in [0.15, 0.2) is 0 Å². The zero-order valence-electron chi connectivity index (χ0n) is 15.0. The number of hydrogen-bond acceptors (Lipinski definition) is 3. The predicted molar refractivity (Wildman–Crippen MR) is 97.6 cm³/mol.